The van der Waals surface area contributed by atoms with Crippen molar-refractivity contribution in [2.45, 2.75) is 59.0 Å². The van der Waals surface area contributed by atoms with E-state index < -0.39 is 0 Å². The van der Waals surface area contributed by atoms with Crippen molar-refractivity contribution in [2.24, 2.45) is 0 Å². The lowest BCUT2D eigenvalue weighted by atomic mass is 10.1. The fraction of sp³-hybridized carbons (Fsp3) is 0.944. The van der Waals surface area contributed by atoms with E-state index >= 15 is 0 Å². The molecular formula is C18H39N3O2+2. The van der Waals surface area contributed by atoms with Gasteiger partial charge in [0, 0.05) is 6.42 Å². The summed E-state index contributed by atoms with van der Waals surface area (Å²) in [4.78, 5) is 12.5. The zero-order valence-corrected chi connectivity index (χ0v) is 16.1. The van der Waals surface area contributed by atoms with Crippen LogP contribution in [-0.2, 0) is 4.79 Å². The Morgan fingerprint density at radius 2 is 1.91 bits per heavy atom. The summed E-state index contributed by atoms with van der Waals surface area (Å²) in [7, 11) is 4.30. The molecular weight excluding hydrogens is 290 g/mol. The highest BCUT2D eigenvalue weighted by Crippen LogP contribution is 2.26. The molecule has 2 atom stereocenters. The molecule has 0 radical (unpaired) electrons. The minimum absolute atomic E-state index is 0.273. The van der Waals surface area contributed by atoms with Crippen molar-refractivity contribution in [3.63, 3.8) is 0 Å². The first kappa shape index (κ1) is 20.4. The highest BCUT2D eigenvalue weighted by Gasteiger charge is 2.48. The lowest BCUT2D eigenvalue weighted by Crippen LogP contribution is -2.75. The lowest BCUT2D eigenvalue weighted by molar-refractivity contribution is -1.07. The molecule has 0 aromatic carbocycles. The van der Waals surface area contributed by atoms with Gasteiger partial charge in [0.2, 0.25) is 0 Å². The number of quaternary nitrogens is 2. The third-order valence-corrected chi connectivity index (χ3v) is 5.27. The van der Waals surface area contributed by atoms with Crippen molar-refractivity contribution in [1.82, 2.24) is 5.01 Å². The van der Waals surface area contributed by atoms with Crippen molar-refractivity contribution in [3.8, 4) is 0 Å². The molecule has 1 heterocycles. The first-order valence-electron chi connectivity index (χ1n) is 9.47. The minimum Gasteiger partial charge on any atom is -0.382 e. The molecule has 2 unspecified atom stereocenters. The minimum atomic E-state index is -0.359. The zero-order valence-electron chi connectivity index (χ0n) is 16.1. The van der Waals surface area contributed by atoms with E-state index in [4.69, 9.17) is 0 Å². The van der Waals surface area contributed by atoms with Gasteiger partial charge in [0.1, 0.15) is 32.7 Å². The normalized spacial score (nSPS) is 22.8. The second-order valence-corrected chi connectivity index (χ2v) is 7.79. The van der Waals surface area contributed by atoms with E-state index in [-0.39, 0.29) is 12.0 Å². The van der Waals surface area contributed by atoms with Crippen LogP contribution in [0.2, 0.25) is 0 Å². The summed E-state index contributed by atoms with van der Waals surface area (Å²) in [5, 5.41) is 12.6. The van der Waals surface area contributed by atoms with E-state index in [1.165, 1.54) is 0 Å². The molecule has 0 aromatic heterocycles. The van der Waals surface area contributed by atoms with E-state index in [2.05, 4.69) is 34.9 Å². The lowest BCUT2D eigenvalue weighted by Gasteiger charge is -2.54. The molecule has 1 rings (SSSR count). The van der Waals surface area contributed by atoms with Crippen molar-refractivity contribution < 1.29 is 19.0 Å². The Hall–Kier alpha value is -0.650. The average molecular weight is 330 g/mol. The molecule has 0 saturated carbocycles. The topological polar surface area (TPSA) is 40.5 Å². The second kappa shape index (κ2) is 9.00. The van der Waals surface area contributed by atoms with Crippen molar-refractivity contribution in [2.75, 3.05) is 53.4 Å². The summed E-state index contributed by atoms with van der Waals surface area (Å²) in [5.74, 6) is 0.273. The van der Waals surface area contributed by atoms with Gasteiger partial charge in [0.05, 0.1) is 20.6 Å². The van der Waals surface area contributed by atoms with Gasteiger partial charge in [-0.3, -0.25) is 4.79 Å². The van der Waals surface area contributed by atoms with Gasteiger partial charge in [-0.15, -0.1) is 0 Å². The van der Waals surface area contributed by atoms with Crippen LogP contribution in [0.25, 0.3) is 0 Å². The number of unbranched alkanes of at least 4 members (excludes halogenated alkanes) is 2. The molecule has 1 saturated heterocycles. The van der Waals surface area contributed by atoms with Crippen molar-refractivity contribution >= 4 is 5.91 Å². The van der Waals surface area contributed by atoms with Crippen LogP contribution in [0.15, 0.2) is 0 Å². The first-order chi connectivity index (χ1) is 10.8. The third kappa shape index (κ3) is 5.73. The van der Waals surface area contributed by atoms with Gasteiger partial charge in [0.15, 0.2) is 6.10 Å². The number of likely N-dealkylation sites (N-methyl/N-ethyl adjacent to an activating group) is 1. The highest BCUT2D eigenvalue weighted by molar-refractivity contribution is 5.75. The smallest absolute Gasteiger partial charge is 0.267 e. The van der Waals surface area contributed by atoms with Gasteiger partial charge in [-0.1, -0.05) is 26.7 Å². The first-order valence-corrected chi connectivity index (χ1v) is 9.47. The molecule has 5 nitrogen and oxygen atoms in total. The highest BCUT2D eigenvalue weighted by atomic mass is 16.3. The molecule has 0 aliphatic carbocycles. The summed E-state index contributed by atoms with van der Waals surface area (Å²) >= 11 is 0. The molecule has 136 valence electrons. The fourth-order valence-corrected chi connectivity index (χ4v) is 3.58. The number of nitrogens with zero attached hydrogens (tertiary/aromatic N) is 3. The van der Waals surface area contributed by atoms with Crippen LogP contribution in [0.1, 0.15) is 52.9 Å². The van der Waals surface area contributed by atoms with E-state index in [0.29, 0.717) is 17.6 Å². The van der Waals surface area contributed by atoms with Crippen LogP contribution in [0.4, 0.5) is 0 Å². The predicted octanol–water partition coefficient (Wildman–Crippen LogP) is 2.01. The van der Waals surface area contributed by atoms with Gasteiger partial charge < -0.3 is 9.59 Å². The maximum absolute atomic E-state index is 12.5. The molecule has 1 amide bonds. The number of hydrogen-bond acceptors (Lipinski definition) is 2. The summed E-state index contributed by atoms with van der Waals surface area (Å²) in [6, 6.07) is 0. The second-order valence-electron chi connectivity index (χ2n) is 7.79. The van der Waals surface area contributed by atoms with Gasteiger partial charge in [-0.25, -0.2) is 4.59 Å². The third-order valence-electron chi connectivity index (χ3n) is 5.27. The summed E-state index contributed by atoms with van der Waals surface area (Å²) in [6.07, 6.45) is 4.59. The molecule has 0 bridgehead atoms. The van der Waals surface area contributed by atoms with Crippen molar-refractivity contribution in [1.29, 1.82) is 0 Å². The average Bonchev–Trinajstić information content (AvgIpc) is 2.45. The predicted molar refractivity (Wildman–Crippen MR) is 94.5 cm³/mol. The van der Waals surface area contributed by atoms with Gasteiger partial charge in [-0.2, -0.15) is 5.01 Å². The Bertz CT molecular complexity index is 373. The van der Waals surface area contributed by atoms with Crippen LogP contribution in [0.3, 0.4) is 0 Å². The van der Waals surface area contributed by atoms with Crippen LogP contribution in [0.5, 0.6) is 0 Å². The largest absolute Gasteiger partial charge is 0.382 e. The SMILES string of the molecule is CCCCCC(=O)N1CC[N+]1(CCC)CC(O)C[N+](C)(C)CC. The van der Waals surface area contributed by atoms with Crippen molar-refractivity contribution in [3.05, 3.63) is 0 Å². The van der Waals surface area contributed by atoms with Crippen LogP contribution >= 0.6 is 0 Å². The van der Waals surface area contributed by atoms with Crippen LogP contribution in [-0.4, -0.2) is 84.6 Å². The maximum atomic E-state index is 12.5. The van der Waals surface area contributed by atoms with Gasteiger partial charge in [0.25, 0.3) is 5.91 Å². The summed E-state index contributed by atoms with van der Waals surface area (Å²) < 4.78 is 1.49. The number of aliphatic hydroxyl groups excluding tert-OH is 1. The zero-order chi connectivity index (χ0) is 17.5. The molecule has 1 N–H and O–H groups in total. The van der Waals surface area contributed by atoms with Crippen LogP contribution < -0.4 is 0 Å². The number of rotatable bonds is 11. The molecule has 0 aromatic rings. The van der Waals surface area contributed by atoms with E-state index in [1.54, 1.807) is 0 Å². The van der Waals surface area contributed by atoms with E-state index in [1.807, 2.05) is 5.01 Å². The Balaban J connectivity index is 2.66. The quantitative estimate of drug-likeness (QED) is 0.465. The molecule has 0 spiro atoms. The summed E-state index contributed by atoms with van der Waals surface area (Å²) in [6.45, 7) is 11.7. The number of aliphatic hydroxyl groups is 1. The van der Waals surface area contributed by atoms with Gasteiger partial charge in [-0.05, 0) is 19.8 Å². The number of hydrogen-bond donors (Lipinski definition) is 1. The molecule has 1 fully saturated rings. The molecule has 1 aliphatic rings. The maximum Gasteiger partial charge on any atom is 0.267 e. The number of carbonyl (C=O) groups excluding carboxylic acids is 1. The Morgan fingerprint density at radius 3 is 2.39 bits per heavy atom. The fourth-order valence-electron chi connectivity index (χ4n) is 3.58. The Kier molecular flexibility index (Phi) is 7.98. The Labute approximate surface area is 143 Å². The van der Waals surface area contributed by atoms with Gasteiger partial charge >= 0.3 is 0 Å². The van der Waals surface area contributed by atoms with E-state index in [9.17, 15) is 9.90 Å². The monoisotopic (exact) mass is 329 g/mol. The standard InChI is InChI=1S/C18H39N3O2/c1-6-9-10-11-18(23)19-12-14-21(19,13-7-2)16-17(22)15-20(4,5)8-3/h17,22H,6-16H2,1-5H3/q+2. The number of carbonyl (C=O) groups is 1. The number of amides is 1. The molecule has 1 aliphatic heterocycles. The van der Waals surface area contributed by atoms with E-state index in [0.717, 1.165) is 62.9 Å². The Morgan fingerprint density at radius 1 is 1.22 bits per heavy atom. The summed E-state index contributed by atoms with van der Waals surface area (Å²) in [5.41, 5.74) is 0. The van der Waals surface area contributed by atoms with Crippen LogP contribution in [0, 0.1) is 0 Å². The molecule has 23 heavy (non-hydrogen) atoms. The molecule has 5 heteroatoms.